The highest BCUT2D eigenvalue weighted by molar-refractivity contribution is 7.98. The van der Waals surface area contributed by atoms with Gasteiger partial charge in [-0.05, 0) is 19.1 Å². The average Bonchev–Trinajstić information content (AvgIpc) is 2.97. The van der Waals surface area contributed by atoms with Gasteiger partial charge in [-0.1, -0.05) is 23.9 Å². The molecule has 0 unspecified atom stereocenters. The van der Waals surface area contributed by atoms with Crippen molar-refractivity contribution in [3.8, 4) is 5.75 Å². The lowest BCUT2D eigenvalue weighted by atomic mass is 10.2. The molecule has 0 aliphatic carbocycles. The standard InChI is InChI=1S/C16H16N2O2S2/c1-10-8-18(3)16(17-10)21-9-14-15(20-11(2)19)12-6-4-5-7-13(12)22-14/h4-8H,9H2,1-3H3. The second kappa shape index (κ2) is 6.14. The third-order valence-electron chi connectivity index (χ3n) is 3.15. The molecule has 2 aromatic heterocycles. The summed E-state index contributed by atoms with van der Waals surface area (Å²) in [5.41, 5.74) is 1.00. The number of ether oxygens (including phenoxy) is 1. The largest absolute Gasteiger partial charge is 0.425 e. The van der Waals surface area contributed by atoms with Gasteiger partial charge in [-0.25, -0.2) is 4.98 Å². The van der Waals surface area contributed by atoms with Gasteiger partial charge in [0.2, 0.25) is 0 Å². The maximum absolute atomic E-state index is 11.4. The third-order valence-corrected chi connectivity index (χ3v) is 5.56. The van der Waals surface area contributed by atoms with E-state index in [1.807, 2.05) is 49.0 Å². The Morgan fingerprint density at radius 3 is 2.86 bits per heavy atom. The van der Waals surface area contributed by atoms with Crippen LogP contribution in [0.25, 0.3) is 10.1 Å². The molecule has 0 radical (unpaired) electrons. The number of thiophene rings is 1. The summed E-state index contributed by atoms with van der Waals surface area (Å²) in [5.74, 6) is 1.13. The summed E-state index contributed by atoms with van der Waals surface area (Å²) in [6.45, 7) is 3.42. The van der Waals surface area contributed by atoms with Crippen molar-refractivity contribution >= 4 is 39.2 Å². The van der Waals surface area contributed by atoms with E-state index in [1.165, 1.54) is 6.92 Å². The second-order valence-electron chi connectivity index (χ2n) is 5.01. The fourth-order valence-corrected chi connectivity index (χ4v) is 4.48. The second-order valence-corrected chi connectivity index (χ2v) is 7.09. The van der Waals surface area contributed by atoms with Crippen molar-refractivity contribution in [1.82, 2.24) is 9.55 Å². The van der Waals surface area contributed by atoms with E-state index in [0.717, 1.165) is 31.6 Å². The normalized spacial score (nSPS) is 11.0. The predicted molar refractivity (Wildman–Crippen MR) is 90.6 cm³/mol. The average molecular weight is 332 g/mol. The zero-order chi connectivity index (χ0) is 15.7. The maximum Gasteiger partial charge on any atom is 0.308 e. The number of aromatic nitrogens is 2. The molecule has 0 atom stereocenters. The number of hydrogen-bond acceptors (Lipinski definition) is 5. The van der Waals surface area contributed by atoms with Crippen LogP contribution in [-0.4, -0.2) is 15.5 Å². The number of aryl methyl sites for hydroxylation is 2. The zero-order valence-corrected chi connectivity index (χ0v) is 14.3. The van der Waals surface area contributed by atoms with Crippen molar-refractivity contribution in [2.75, 3.05) is 0 Å². The lowest BCUT2D eigenvalue weighted by molar-refractivity contribution is -0.131. The van der Waals surface area contributed by atoms with Crippen molar-refractivity contribution in [3.05, 3.63) is 41.0 Å². The molecule has 6 heteroatoms. The Hall–Kier alpha value is -1.79. The summed E-state index contributed by atoms with van der Waals surface area (Å²) in [6, 6.07) is 7.99. The number of thioether (sulfide) groups is 1. The molecule has 114 valence electrons. The minimum Gasteiger partial charge on any atom is -0.425 e. The quantitative estimate of drug-likeness (QED) is 0.531. The topological polar surface area (TPSA) is 44.1 Å². The Bertz CT molecular complexity index is 836. The zero-order valence-electron chi connectivity index (χ0n) is 12.6. The first kappa shape index (κ1) is 15.1. The first-order valence-electron chi connectivity index (χ1n) is 6.86. The van der Waals surface area contributed by atoms with E-state index < -0.39 is 0 Å². The van der Waals surface area contributed by atoms with Crippen LogP contribution in [0, 0.1) is 6.92 Å². The highest BCUT2D eigenvalue weighted by atomic mass is 32.2. The van der Waals surface area contributed by atoms with Gasteiger partial charge < -0.3 is 9.30 Å². The number of carbonyl (C=O) groups excluding carboxylic acids is 1. The Balaban J connectivity index is 1.92. The Labute approximate surface area is 137 Å². The summed E-state index contributed by atoms with van der Waals surface area (Å²) in [5, 5.41) is 1.96. The van der Waals surface area contributed by atoms with Gasteiger partial charge in [0.25, 0.3) is 0 Å². The van der Waals surface area contributed by atoms with E-state index in [2.05, 4.69) is 4.98 Å². The van der Waals surface area contributed by atoms with E-state index in [-0.39, 0.29) is 5.97 Å². The Kier molecular flexibility index (Phi) is 4.22. The fraction of sp³-hybridized carbons (Fsp3) is 0.250. The molecule has 4 nitrogen and oxygen atoms in total. The number of nitrogens with zero attached hydrogens (tertiary/aromatic N) is 2. The summed E-state index contributed by atoms with van der Waals surface area (Å²) < 4.78 is 8.60. The molecule has 0 saturated heterocycles. The van der Waals surface area contributed by atoms with E-state index in [9.17, 15) is 4.79 Å². The lowest BCUT2D eigenvalue weighted by Gasteiger charge is -2.04. The van der Waals surface area contributed by atoms with Gasteiger partial charge in [0.1, 0.15) is 0 Å². The van der Waals surface area contributed by atoms with Crippen molar-refractivity contribution < 1.29 is 9.53 Å². The van der Waals surface area contributed by atoms with Gasteiger partial charge in [0.05, 0.1) is 10.6 Å². The minimum absolute atomic E-state index is 0.289. The number of hydrogen-bond donors (Lipinski definition) is 0. The van der Waals surface area contributed by atoms with E-state index in [1.54, 1.807) is 23.1 Å². The first-order chi connectivity index (χ1) is 10.5. The van der Waals surface area contributed by atoms with Crippen LogP contribution in [-0.2, 0) is 17.6 Å². The van der Waals surface area contributed by atoms with Crippen molar-refractivity contribution in [1.29, 1.82) is 0 Å². The van der Waals surface area contributed by atoms with Gasteiger partial charge in [-0.2, -0.15) is 0 Å². The summed E-state index contributed by atoms with van der Waals surface area (Å²) >= 11 is 3.31. The van der Waals surface area contributed by atoms with Gasteiger partial charge in [-0.15, -0.1) is 11.3 Å². The molecule has 0 spiro atoms. The minimum atomic E-state index is -0.289. The molecule has 2 heterocycles. The molecule has 1 aromatic carbocycles. The van der Waals surface area contributed by atoms with Gasteiger partial charge in [0.15, 0.2) is 10.9 Å². The SMILES string of the molecule is CC(=O)Oc1c(CSc2nc(C)cn2C)sc2ccccc12. The number of imidazole rings is 1. The molecule has 3 aromatic rings. The first-order valence-corrected chi connectivity index (χ1v) is 8.66. The van der Waals surface area contributed by atoms with Gasteiger partial charge in [-0.3, -0.25) is 4.79 Å². The molecule has 0 aliphatic rings. The summed E-state index contributed by atoms with van der Waals surface area (Å²) in [7, 11) is 1.99. The Morgan fingerprint density at radius 2 is 2.18 bits per heavy atom. The molecule has 0 N–H and O–H groups in total. The molecular weight excluding hydrogens is 316 g/mol. The lowest BCUT2D eigenvalue weighted by Crippen LogP contribution is -2.02. The van der Waals surface area contributed by atoms with Crippen LogP contribution in [0.5, 0.6) is 5.75 Å². The number of fused-ring (bicyclic) bond motifs is 1. The van der Waals surface area contributed by atoms with Gasteiger partial charge in [0, 0.05) is 36.0 Å². The fourth-order valence-electron chi connectivity index (χ4n) is 2.28. The number of esters is 1. The van der Waals surface area contributed by atoms with Crippen molar-refractivity contribution in [2.24, 2.45) is 7.05 Å². The molecular formula is C16H16N2O2S2. The summed E-state index contributed by atoms with van der Waals surface area (Å²) in [6.07, 6.45) is 2.00. The van der Waals surface area contributed by atoms with Crippen LogP contribution < -0.4 is 4.74 Å². The van der Waals surface area contributed by atoms with Crippen LogP contribution in [0.4, 0.5) is 0 Å². The monoisotopic (exact) mass is 332 g/mol. The van der Waals surface area contributed by atoms with E-state index in [4.69, 9.17) is 4.74 Å². The van der Waals surface area contributed by atoms with Crippen LogP contribution in [0.3, 0.4) is 0 Å². The summed E-state index contributed by atoms with van der Waals surface area (Å²) in [4.78, 5) is 16.9. The highest BCUT2D eigenvalue weighted by Gasteiger charge is 2.16. The molecule has 3 rings (SSSR count). The predicted octanol–water partition coefficient (Wildman–Crippen LogP) is 4.16. The molecule has 0 amide bonds. The maximum atomic E-state index is 11.4. The number of rotatable bonds is 4. The van der Waals surface area contributed by atoms with Gasteiger partial charge >= 0.3 is 5.97 Å². The molecule has 0 fully saturated rings. The number of benzene rings is 1. The van der Waals surface area contributed by atoms with Crippen LogP contribution >= 0.6 is 23.1 Å². The molecule has 0 aliphatic heterocycles. The van der Waals surface area contributed by atoms with E-state index in [0.29, 0.717) is 5.75 Å². The molecule has 22 heavy (non-hydrogen) atoms. The third kappa shape index (κ3) is 3.03. The van der Waals surface area contributed by atoms with E-state index >= 15 is 0 Å². The number of carbonyl (C=O) groups is 1. The smallest absolute Gasteiger partial charge is 0.308 e. The highest BCUT2D eigenvalue weighted by Crippen LogP contribution is 2.40. The van der Waals surface area contributed by atoms with Crippen LogP contribution in [0.15, 0.2) is 35.6 Å². The van der Waals surface area contributed by atoms with Crippen LogP contribution in [0.2, 0.25) is 0 Å². The van der Waals surface area contributed by atoms with Crippen molar-refractivity contribution in [2.45, 2.75) is 24.8 Å². The van der Waals surface area contributed by atoms with Crippen LogP contribution in [0.1, 0.15) is 17.5 Å². The molecule has 0 bridgehead atoms. The molecule has 0 saturated carbocycles. The Morgan fingerprint density at radius 1 is 1.41 bits per heavy atom. The van der Waals surface area contributed by atoms with Crippen molar-refractivity contribution in [3.63, 3.8) is 0 Å².